The average molecular weight is 166 g/mol. The highest BCUT2D eigenvalue weighted by Gasteiger charge is 1.99. The van der Waals surface area contributed by atoms with Gasteiger partial charge in [-0.25, -0.2) is 0 Å². The van der Waals surface area contributed by atoms with Gasteiger partial charge >= 0.3 is 0 Å². The lowest BCUT2D eigenvalue weighted by atomic mass is 10.0. The van der Waals surface area contributed by atoms with Crippen molar-refractivity contribution in [3.8, 4) is 0 Å². The topological polar surface area (TPSA) is 38.0 Å². The highest BCUT2D eigenvalue weighted by atomic mass is 15.0. The molecule has 12 heavy (non-hydrogen) atoms. The van der Waals surface area contributed by atoms with Crippen LogP contribution in [-0.4, -0.2) is 12.7 Å². The summed E-state index contributed by atoms with van der Waals surface area (Å²) in [6.07, 6.45) is 11.0. The van der Waals surface area contributed by atoms with Crippen molar-refractivity contribution < 1.29 is 0 Å². The summed E-state index contributed by atoms with van der Waals surface area (Å²) in [5.41, 5.74) is 5.76. The molecule has 2 heteroatoms. The molecule has 2 unspecified atom stereocenters. The molecule has 1 aliphatic rings. The Labute approximate surface area is 74.5 Å². The van der Waals surface area contributed by atoms with Crippen molar-refractivity contribution in [1.29, 1.82) is 0 Å². The van der Waals surface area contributed by atoms with Crippen LogP contribution in [0.5, 0.6) is 0 Å². The van der Waals surface area contributed by atoms with Crippen LogP contribution in [0.15, 0.2) is 24.3 Å². The van der Waals surface area contributed by atoms with E-state index in [9.17, 15) is 0 Å². The molecule has 0 aromatic heterocycles. The van der Waals surface area contributed by atoms with E-state index in [1.165, 1.54) is 12.8 Å². The van der Waals surface area contributed by atoms with Gasteiger partial charge < -0.3 is 5.73 Å². The van der Waals surface area contributed by atoms with Gasteiger partial charge in [-0.15, -0.1) is 0 Å². The first kappa shape index (κ1) is 9.49. The second-order valence-corrected chi connectivity index (χ2v) is 3.34. The molecule has 0 bridgehead atoms. The zero-order valence-corrected chi connectivity index (χ0v) is 7.66. The summed E-state index contributed by atoms with van der Waals surface area (Å²) in [5.74, 6) is 0.639. The molecule has 1 rings (SSSR count). The lowest BCUT2D eigenvalue weighted by molar-refractivity contribution is 0.617. The Kier molecular flexibility index (Phi) is 4.05. The number of hydrogen-bond donors (Lipinski definition) is 2. The van der Waals surface area contributed by atoms with Crippen molar-refractivity contribution in [3.05, 3.63) is 24.3 Å². The van der Waals surface area contributed by atoms with E-state index in [-0.39, 0.29) is 6.17 Å². The molecule has 0 radical (unpaired) electrons. The minimum Gasteiger partial charge on any atom is -0.313 e. The van der Waals surface area contributed by atoms with Crippen LogP contribution < -0.4 is 11.1 Å². The largest absolute Gasteiger partial charge is 0.313 e. The maximum Gasteiger partial charge on any atom is 0.0741 e. The van der Waals surface area contributed by atoms with E-state index in [0.717, 1.165) is 6.54 Å². The summed E-state index contributed by atoms with van der Waals surface area (Å²) in [6, 6.07) is 0. The van der Waals surface area contributed by atoms with E-state index in [4.69, 9.17) is 5.73 Å². The van der Waals surface area contributed by atoms with Gasteiger partial charge in [0.1, 0.15) is 0 Å². The van der Waals surface area contributed by atoms with Gasteiger partial charge in [0, 0.05) is 6.54 Å². The Morgan fingerprint density at radius 1 is 1.33 bits per heavy atom. The summed E-state index contributed by atoms with van der Waals surface area (Å²) < 4.78 is 0. The number of hydrogen-bond acceptors (Lipinski definition) is 2. The standard InChI is InChI=1S/C10H18N2/c1-9-5-3-2-4-8-12-10(11)7-6-9/h2,4,6-7,9-10,12H,3,5,8,11H2,1H3/b4-2-,7-6-. The molecular weight excluding hydrogens is 148 g/mol. The van der Waals surface area contributed by atoms with E-state index >= 15 is 0 Å². The molecule has 0 aliphatic carbocycles. The highest BCUT2D eigenvalue weighted by molar-refractivity contribution is 4.97. The smallest absolute Gasteiger partial charge is 0.0741 e. The monoisotopic (exact) mass is 166 g/mol. The summed E-state index contributed by atoms with van der Waals surface area (Å²) in [4.78, 5) is 0. The van der Waals surface area contributed by atoms with Crippen LogP contribution in [0, 0.1) is 5.92 Å². The zero-order chi connectivity index (χ0) is 8.81. The van der Waals surface area contributed by atoms with Crippen molar-refractivity contribution in [2.45, 2.75) is 25.9 Å². The number of nitrogens with one attached hydrogen (secondary N) is 1. The molecule has 0 amide bonds. The molecule has 0 aromatic rings. The molecule has 0 saturated carbocycles. The first-order valence-electron chi connectivity index (χ1n) is 4.61. The van der Waals surface area contributed by atoms with Gasteiger partial charge in [0.2, 0.25) is 0 Å². The van der Waals surface area contributed by atoms with Gasteiger partial charge in [0.05, 0.1) is 6.17 Å². The molecule has 0 saturated heterocycles. The Hall–Kier alpha value is -0.600. The van der Waals surface area contributed by atoms with Crippen LogP contribution in [0.1, 0.15) is 19.8 Å². The van der Waals surface area contributed by atoms with Gasteiger partial charge in [-0.3, -0.25) is 5.32 Å². The maximum atomic E-state index is 5.76. The van der Waals surface area contributed by atoms with E-state index in [0.29, 0.717) is 5.92 Å². The average Bonchev–Trinajstić information content (AvgIpc) is 2.07. The Morgan fingerprint density at radius 2 is 2.17 bits per heavy atom. The maximum absolute atomic E-state index is 5.76. The third kappa shape index (κ3) is 3.69. The zero-order valence-electron chi connectivity index (χ0n) is 7.66. The van der Waals surface area contributed by atoms with Crippen LogP contribution in [0.4, 0.5) is 0 Å². The number of allylic oxidation sites excluding steroid dienone is 2. The third-order valence-corrected chi connectivity index (χ3v) is 2.07. The first-order chi connectivity index (χ1) is 5.79. The molecule has 0 fully saturated rings. The summed E-state index contributed by atoms with van der Waals surface area (Å²) in [7, 11) is 0. The first-order valence-corrected chi connectivity index (χ1v) is 4.61. The Morgan fingerprint density at radius 3 is 3.00 bits per heavy atom. The Bertz CT molecular complexity index is 155. The molecule has 1 heterocycles. The number of rotatable bonds is 0. The highest BCUT2D eigenvalue weighted by Crippen LogP contribution is 2.08. The quantitative estimate of drug-likeness (QED) is 0.534. The van der Waals surface area contributed by atoms with Crippen LogP contribution in [-0.2, 0) is 0 Å². The van der Waals surface area contributed by atoms with Gasteiger partial charge in [0.25, 0.3) is 0 Å². The second-order valence-electron chi connectivity index (χ2n) is 3.34. The van der Waals surface area contributed by atoms with Crippen molar-refractivity contribution in [1.82, 2.24) is 5.32 Å². The molecule has 0 aromatic carbocycles. The normalized spacial score (nSPS) is 37.2. The fourth-order valence-electron chi connectivity index (χ4n) is 1.24. The molecule has 3 N–H and O–H groups in total. The van der Waals surface area contributed by atoms with Crippen LogP contribution in [0.25, 0.3) is 0 Å². The molecule has 1 aliphatic heterocycles. The van der Waals surface area contributed by atoms with Crippen LogP contribution in [0.3, 0.4) is 0 Å². The van der Waals surface area contributed by atoms with Gasteiger partial charge in [0.15, 0.2) is 0 Å². The second kappa shape index (κ2) is 5.12. The SMILES string of the molecule is CC1/C=C\C(N)NC/C=C\CC1. The molecule has 68 valence electrons. The number of nitrogens with two attached hydrogens (primary N) is 1. The van der Waals surface area contributed by atoms with Crippen LogP contribution >= 0.6 is 0 Å². The minimum atomic E-state index is 0.00944. The summed E-state index contributed by atoms with van der Waals surface area (Å²) >= 11 is 0. The van der Waals surface area contributed by atoms with Crippen molar-refractivity contribution in [3.63, 3.8) is 0 Å². The fraction of sp³-hybridized carbons (Fsp3) is 0.600. The van der Waals surface area contributed by atoms with Crippen LogP contribution in [0.2, 0.25) is 0 Å². The van der Waals surface area contributed by atoms with Crippen molar-refractivity contribution >= 4 is 0 Å². The van der Waals surface area contributed by atoms with E-state index in [1.54, 1.807) is 0 Å². The Balaban J connectivity index is 2.46. The van der Waals surface area contributed by atoms with E-state index < -0.39 is 0 Å². The fourth-order valence-corrected chi connectivity index (χ4v) is 1.24. The summed E-state index contributed by atoms with van der Waals surface area (Å²) in [6.45, 7) is 3.10. The van der Waals surface area contributed by atoms with Gasteiger partial charge in [-0.2, -0.15) is 0 Å². The lowest BCUT2D eigenvalue weighted by Gasteiger charge is -2.10. The van der Waals surface area contributed by atoms with E-state index in [1.807, 2.05) is 6.08 Å². The van der Waals surface area contributed by atoms with Crippen molar-refractivity contribution in [2.24, 2.45) is 11.7 Å². The van der Waals surface area contributed by atoms with Gasteiger partial charge in [-0.1, -0.05) is 31.2 Å². The van der Waals surface area contributed by atoms with Gasteiger partial charge in [-0.05, 0) is 18.8 Å². The molecular formula is C10H18N2. The van der Waals surface area contributed by atoms with Crippen molar-refractivity contribution in [2.75, 3.05) is 6.54 Å². The third-order valence-electron chi connectivity index (χ3n) is 2.07. The molecule has 0 spiro atoms. The lowest BCUT2D eigenvalue weighted by Crippen LogP contribution is -2.35. The predicted octanol–water partition coefficient (Wildman–Crippen LogP) is 1.40. The minimum absolute atomic E-state index is 0.00944. The van der Waals surface area contributed by atoms with E-state index in [2.05, 4.69) is 30.5 Å². The summed E-state index contributed by atoms with van der Waals surface area (Å²) in [5, 5.41) is 3.18. The molecule has 2 nitrogen and oxygen atoms in total. The predicted molar refractivity (Wildman–Crippen MR) is 52.7 cm³/mol. The molecule has 2 atom stereocenters.